The maximum absolute atomic E-state index is 13.5. The third-order valence-electron chi connectivity index (χ3n) is 7.02. The van der Waals surface area contributed by atoms with Crippen LogP contribution in [0.3, 0.4) is 0 Å². The van der Waals surface area contributed by atoms with Crippen LogP contribution in [-0.4, -0.2) is 92.5 Å². The lowest BCUT2D eigenvalue weighted by molar-refractivity contribution is -0.153. The molecule has 0 aromatic heterocycles. The Hall–Kier alpha value is -4.59. The van der Waals surface area contributed by atoms with E-state index in [9.17, 15) is 44.3 Å². The van der Waals surface area contributed by atoms with Crippen molar-refractivity contribution >= 4 is 36.7 Å². The topological polar surface area (TPSA) is 194 Å². The van der Waals surface area contributed by atoms with E-state index in [0.29, 0.717) is 17.7 Å². The summed E-state index contributed by atoms with van der Waals surface area (Å²) in [6.45, 7) is 2.08. The number of nitrogens with zero attached hydrogens (tertiary/aromatic N) is 2. The molecule has 4 rings (SSSR count). The molecule has 5 N–H and O–H groups in total. The Balaban J connectivity index is 1.54. The van der Waals surface area contributed by atoms with Crippen molar-refractivity contribution in [1.29, 1.82) is 0 Å². The zero-order valence-corrected chi connectivity index (χ0v) is 21.6. The van der Waals surface area contributed by atoms with Gasteiger partial charge in [0.05, 0.1) is 11.6 Å². The summed E-state index contributed by atoms with van der Waals surface area (Å²) >= 11 is 0. The Morgan fingerprint density at radius 3 is 2.52 bits per heavy atom. The molecule has 2 heterocycles. The number of Topliss-reactive ketones (excluding diaryl/α,β-unsaturated/α-hetero) is 1. The van der Waals surface area contributed by atoms with Crippen molar-refractivity contribution in [2.24, 2.45) is 0 Å². The molecule has 4 amide bonds. The number of aromatic carboxylic acids is 1. The molecular formula is C26H28BN3O10. The number of carboxylic acid groups (broad SMARTS) is 1. The van der Waals surface area contributed by atoms with Crippen LogP contribution in [0.1, 0.15) is 34.8 Å². The molecule has 0 radical (unpaired) electrons. The van der Waals surface area contributed by atoms with E-state index < -0.39 is 54.3 Å². The molecule has 0 bridgehead atoms. The molecular weight excluding hydrogens is 525 g/mol. The number of hydrogen-bond donors (Lipinski definition) is 5. The average Bonchev–Trinajstić information content (AvgIpc) is 2.91. The quantitative estimate of drug-likeness (QED) is 0.175. The summed E-state index contributed by atoms with van der Waals surface area (Å²) in [4.78, 5) is 64.9. The van der Waals surface area contributed by atoms with Gasteiger partial charge in [0, 0.05) is 31.9 Å². The number of imide groups is 1. The van der Waals surface area contributed by atoms with Gasteiger partial charge in [-0.1, -0.05) is 18.2 Å². The summed E-state index contributed by atoms with van der Waals surface area (Å²) in [7, 11) is -1.51. The van der Waals surface area contributed by atoms with Gasteiger partial charge in [-0.05, 0) is 49.1 Å². The number of benzene rings is 2. The number of phenolic OH excluding ortho intramolecular Hbond substituents is 2. The number of carbonyl (C=O) groups is 5. The number of nitrogens with one attached hydrogen (secondary N) is 1. The predicted molar refractivity (Wildman–Crippen MR) is 139 cm³/mol. The first-order chi connectivity index (χ1) is 19.0. The van der Waals surface area contributed by atoms with E-state index in [1.807, 2.05) is 0 Å². The molecule has 2 atom stereocenters. The Labute approximate surface area is 229 Å². The SMILES string of the molecule is CCN1CCN(C(=O)N[C@H](Cc2ccc(O)c(O)c2)C(=O)C[C@H]2Cc3cccc(C(=O)O)c3OB2O)C(=O)C1=O. The molecule has 2 aliphatic rings. The molecule has 13 nitrogen and oxygen atoms in total. The van der Waals surface area contributed by atoms with E-state index >= 15 is 0 Å². The van der Waals surface area contributed by atoms with Gasteiger partial charge in [-0.25, -0.2) is 9.59 Å². The zero-order chi connectivity index (χ0) is 29.1. The van der Waals surface area contributed by atoms with Crippen molar-refractivity contribution < 1.29 is 49.0 Å². The monoisotopic (exact) mass is 553 g/mol. The van der Waals surface area contributed by atoms with Crippen molar-refractivity contribution in [3.05, 3.63) is 53.1 Å². The summed E-state index contributed by atoms with van der Waals surface area (Å²) in [5.41, 5.74) is 0.745. The number of ketones is 1. The third-order valence-corrected chi connectivity index (χ3v) is 7.02. The molecule has 0 unspecified atom stereocenters. The highest BCUT2D eigenvalue weighted by Crippen LogP contribution is 2.36. The van der Waals surface area contributed by atoms with E-state index in [4.69, 9.17) is 4.65 Å². The molecule has 210 valence electrons. The first-order valence-electron chi connectivity index (χ1n) is 12.6. The van der Waals surface area contributed by atoms with E-state index in [-0.39, 0.29) is 49.4 Å². The Morgan fingerprint density at radius 2 is 1.85 bits per heavy atom. The minimum Gasteiger partial charge on any atom is -0.535 e. The minimum absolute atomic E-state index is 0.0185. The lowest BCUT2D eigenvalue weighted by atomic mass is 9.64. The van der Waals surface area contributed by atoms with Gasteiger partial charge < -0.3 is 35.2 Å². The summed E-state index contributed by atoms with van der Waals surface area (Å²) in [5.74, 6) is -5.22. The molecule has 40 heavy (non-hydrogen) atoms. The molecule has 0 saturated carbocycles. The number of urea groups is 1. The number of carboxylic acids is 1. The largest absolute Gasteiger partial charge is 0.535 e. The van der Waals surface area contributed by atoms with Crippen molar-refractivity contribution in [1.82, 2.24) is 15.1 Å². The van der Waals surface area contributed by atoms with Crippen LogP contribution < -0.4 is 9.97 Å². The number of likely N-dealkylation sites (N-methyl/N-ethyl adjacent to an activating group) is 1. The van der Waals surface area contributed by atoms with Crippen molar-refractivity contribution in [3.63, 3.8) is 0 Å². The Kier molecular flexibility index (Phi) is 8.28. The second-order valence-electron chi connectivity index (χ2n) is 9.61. The first kappa shape index (κ1) is 28.4. The number of aromatic hydroxyl groups is 2. The normalized spacial score (nSPS) is 17.6. The maximum Gasteiger partial charge on any atom is 0.526 e. The van der Waals surface area contributed by atoms with Crippen molar-refractivity contribution in [3.8, 4) is 17.2 Å². The molecule has 2 aliphatic heterocycles. The van der Waals surface area contributed by atoms with Gasteiger partial charge in [0.2, 0.25) is 0 Å². The average molecular weight is 553 g/mol. The van der Waals surface area contributed by atoms with Gasteiger partial charge in [0.15, 0.2) is 17.3 Å². The van der Waals surface area contributed by atoms with Crippen molar-refractivity contribution in [2.45, 2.75) is 38.0 Å². The lowest BCUT2D eigenvalue weighted by Crippen LogP contribution is -2.60. The number of rotatable bonds is 8. The summed E-state index contributed by atoms with van der Waals surface area (Å²) in [5, 5.41) is 42.0. The first-order valence-corrected chi connectivity index (χ1v) is 12.6. The lowest BCUT2D eigenvalue weighted by Gasteiger charge is -2.33. The van der Waals surface area contributed by atoms with Gasteiger partial charge in [0.25, 0.3) is 0 Å². The second-order valence-corrected chi connectivity index (χ2v) is 9.61. The highest BCUT2D eigenvalue weighted by Gasteiger charge is 2.40. The number of hydrogen-bond acceptors (Lipinski definition) is 9. The number of fused-ring (bicyclic) bond motifs is 1. The summed E-state index contributed by atoms with van der Waals surface area (Å²) < 4.78 is 5.47. The maximum atomic E-state index is 13.5. The molecule has 1 fully saturated rings. The molecule has 0 aliphatic carbocycles. The smallest absolute Gasteiger partial charge is 0.526 e. The van der Waals surface area contributed by atoms with Crippen LogP contribution in [0, 0.1) is 0 Å². The Morgan fingerprint density at radius 1 is 1.10 bits per heavy atom. The molecule has 2 aromatic carbocycles. The number of para-hydroxylation sites is 1. The van der Waals surface area contributed by atoms with Gasteiger partial charge in [-0.3, -0.25) is 19.3 Å². The summed E-state index contributed by atoms with van der Waals surface area (Å²) in [6, 6.07) is 6.17. The number of carbonyl (C=O) groups excluding carboxylic acids is 4. The Bertz CT molecular complexity index is 1370. The zero-order valence-electron chi connectivity index (χ0n) is 21.6. The van der Waals surface area contributed by atoms with Crippen LogP contribution in [0.2, 0.25) is 5.82 Å². The van der Waals surface area contributed by atoms with Crippen LogP contribution in [0.25, 0.3) is 0 Å². The van der Waals surface area contributed by atoms with E-state index in [2.05, 4.69) is 5.32 Å². The molecule has 1 saturated heterocycles. The predicted octanol–water partition coefficient (Wildman–Crippen LogP) is 0.552. The fourth-order valence-electron chi connectivity index (χ4n) is 4.80. The minimum atomic E-state index is -1.51. The van der Waals surface area contributed by atoms with Crippen LogP contribution in [-0.2, 0) is 27.2 Å². The molecule has 14 heteroatoms. The van der Waals surface area contributed by atoms with Crippen molar-refractivity contribution in [2.75, 3.05) is 19.6 Å². The fraction of sp³-hybridized carbons (Fsp3) is 0.346. The van der Waals surface area contributed by atoms with E-state index in [1.54, 1.807) is 13.0 Å². The number of piperazine rings is 1. The fourth-order valence-corrected chi connectivity index (χ4v) is 4.80. The van der Waals surface area contributed by atoms with Crippen LogP contribution in [0.5, 0.6) is 17.2 Å². The third kappa shape index (κ3) is 5.86. The van der Waals surface area contributed by atoms with Crippen LogP contribution in [0.15, 0.2) is 36.4 Å². The van der Waals surface area contributed by atoms with E-state index in [0.717, 1.165) is 4.90 Å². The summed E-state index contributed by atoms with van der Waals surface area (Å²) in [6.07, 6.45) is -0.307. The van der Waals surface area contributed by atoms with Gasteiger partial charge >= 0.3 is 30.9 Å². The highest BCUT2D eigenvalue weighted by molar-refractivity contribution is 6.47. The van der Waals surface area contributed by atoms with Crippen LogP contribution >= 0.6 is 0 Å². The van der Waals surface area contributed by atoms with Gasteiger partial charge in [0.1, 0.15) is 5.75 Å². The standard InChI is InChI=1S/C26H28BN3O10/c1-2-29-8-9-30(24(35)23(29)34)26(38)28-18(10-14-6-7-19(31)21(33)11-14)20(32)13-16-12-15-4-3-5-17(25(36)37)22(15)40-27(16)39/h3-7,11,16,18,31,33,39H,2,8-10,12-13H2,1H3,(H,28,38)(H,36,37)/t16-,18-/m1/s1. The highest BCUT2D eigenvalue weighted by atomic mass is 16.5. The van der Waals surface area contributed by atoms with E-state index in [1.165, 1.54) is 35.2 Å². The molecule has 2 aromatic rings. The van der Waals surface area contributed by atoms with Crippen LogP contribution in [0.4, 0.5) is 4.79 Å². The van der Waals surface area contributed by atoms with Gasteiger partial charge in [-0.15, -0.1) is 0 Å². The molecule has 0 spiro atoms. The van der Waals surface area contributed by atoms with Gasteiger partial charge in [-0.2, -0.15) is 0 Å². The number of phenols is 2. The number of amides is 4. The second kappa shape index (κ2) is 11.7.